The number of carbonyl (C=O) groups is 1. The molecule has 0 amide bonds. The summed E-state index contributed by atoms with van der Waals surface area (Å²) in [5.74, 6) is 1.06. The van der Waals surface area contributed by atoms with Crippen LogP contribution < -0.4 is 10.5 Å². The third-order valence-corrected chi connectivity index (χ3v) is 4.15. The summed E-state index contributed by atoms with van der Waals surface area (Å²) in [4.78, 5) is 12.7. The predicted molar refractivity (Wildman–Crippen MR) is 84.7 cm³/mol. The van der Waals surface area contributed by atoms with Crippen LogP contribution in [0.15, 0.2) is 47.4 Å². The van der Waals surface area contributed by atoms with Gasteiger partial charge in [-0.25, -0.2) is 4.79 Å². The van der Waals surface area contributed by atoms with E-state index < -0.39 is 0 Å². The molecule has 0 saturated carbocycles. The van der Waals surface area contributed by atoms with Crippen molar-refractivity contribution in [3.05, 3.63) is 53.6 Å². The molecule has 2 aromatic carbocycles. The van der Waals surface area contributed by atoms with Crippen LogP contribution in [0.4, 0.5) is 5.69 Å². The number of benzene rings is 2. The van der Waals surface area contributed by atoms with Gasteiger partial charge >= 0.3 is 5.97 Å². The fourth-order valence-corrected chi connectivity index (χ4v) is 2.87. The number of nitrogens with two attached hydrogens (primary N) is 1. The van der Waals surface area contributed by atoms with Crippen LogP contribution in [-0.2, 0) is 10.5 Å². The zero-order chi connectivity index (χ0) is 15.2. The van der Waals surface area contributed by atoms with Gasteiger partial charge in [-0.3, -0.25) is 0 Å². The first kappa shape index (κ1) is 15.3. The summed E-state index contributed by atoms with van der Waals surface area (Å²) in [5, 5.41) is 0. The van der Waals surface area contributed by atoms with Crippen molar-refractivity contribution >= 4 is 23.4 Å². The average Bonchev–Trinajstić information content (AvgIpc) is 2.53. The number of thioether (sulfide) groups is 1. The van der Waals surface area contributed by atoms with Crippen LogP contribution in [-0.4, -0.2) is 20.2 Å². The number of methoxy groups -OCH3 is 2. The van der Waals surface area contributed by atoms with E-state index in [9.17, 15) is 4.79 Å². The number of carbonyl (C=O) groups excluding carboxylic acids is 1. The maximum Gasteiger partial charge on any atom is 0.338 e. The third-order valence-electron chi connectivity index (χ3n) is 3.03. The molecule has 0 fully saturated rings. The van der Waals surface area contributed by atoms with Crippen LogP contribution >= 0.6 is 11.8 Å². The Morgan fingerprint density at radius 1 is 1.19 bits per heavy atom. The molecule has 0 aliphatic rings. The molecular weight excluding hydrogens is 286 g/mol. The van der Waals surface area contributed by atoms with E-state index in [1.165, 1.54) is 7.11 Å². The highest BCUT2D eigenvalue weighted by atomic mass is 32.2. The van der Waals surface area contributed by atoms with Gasteiger partial charge in [0, 0.05) is 16.3 Å². The quantitative estimate of drug-likeness (QED) is 0.521. The molecular formula is C16H17NO3S. The minimum Gasteiger partial charge on any atom is -0.497 e. The van der Waals surface area contributed by atoms with Crippen molar-refractivity contribution in [2.45, 2.75) is 10.6 Å². The lowest BCUT2D eigenvalue weighted by molar-refractivity contribution is 0.0600. The van der Waals surface area contributed by atoms with Crippen LogP contribution in [0.3, 0.4) is 0 Å². The molecule has 0 atom stereocenters. The van der Waals surface area contributed by atoms with Gasteiger partial charge in [0.05, 0.1) is 19.8 Å². The highest BCUT2D eigenvalue weighted by Crippen LogP contribution is 2.32. The Balaban J connectivity index is 2.19. The molecule has 21 heavy (non-hydrogen) atoms. The highest BCUT2D eigenvalue weighted by Gasteiger charge is 2.12. The molecule has 0 radical (unpaired) electrons. The van der Waals surface area contributed by atoms with Gasteiger partial charge in [0.2, 0.25) is 0 Å². The van der Waals surface area contributed by atoms with Gasteiger partial charge in [0.25, 0.3) is 0 Å². The minimum atomic E-state index is -0.329. The van der Waals surface area contributed by atoms with Crippen LogP contribution in [0.1, 0.15) is 15.9 Å². The summed E-state index contributed by atoms with van der Waals surface area (Å²) in [6, 6.07) is 12.9. The van der Waals surface area contributed by atoms with Gasteiger partial charge in [0.15, 0.2) is 0 Å². The molecule has 0 heterocycles. The number of ether oxygens (including phenoxy) is 2. The standard InChI is InChI=1S/C16H17NO3S/c1-19-12-7-8-14(17)15(9-12)21-10-11-5-3-4-6-13(11)16(18)20-2/h3-9H,10,17H2,1-2H3. The number of rotatable bonds is 5. The van der Waals surface area contributed by atoms with Crippen molar-refractivity contribution in [1.29, 1.82) is 0 Å². The number of hydrogen-bond acceptors (Lipinski definition) is 5. The SMILES string of the molecule is COC(=O)c1ccccc1CSc1cc(OC)ccc1N. The molecule has 0 aliphatic heterocycles. The van der Waals surface area contributed by atoms with E-state index in [0.29, 0.717) is 17.0 Å². The lowest BCUT2D eigenvalue weighted by atomic mass is 10.1. The molecule has 2 aromatic rings. The summed E-state index contributed by atoms with van der Waals surface area (Å²) in [6.45, 7) is 0. The van der Waals surface area contributed by atoms with E-state index in [0.717, 1.165) is 16.2 Å². The first-order chi connectivity index (χ1) is 10.2. The largest absolute Gasteiger partial charge is 0.497 e. The summed E-state index contributed by atoms with van der Waals surface area (Å²) >= 11 is 1.56. The molecule has 0 unspecified atom stereocenters. The monoisotopic (exact) mass is 303 g/mol. The lowest BCUT2D eigenvalue weighted by Gasteiger charge is -2.10. The Labute approximate surface area is 128 Å². The van der Waals surface area contributed by atoms with Gasteiger partial charge in [-0.15, -0.1) is 11.8 Å². The van der Waals surface area contributed by atoms with E-state index in [1.807, 2.05) is 36.4 Å². The maximum absolute atomic E-state index is 11.7. The van der Waals surface area contributed by atoms with Gasteiger partial charge < -0.3 is 15.2 Å². The topological polar surface area (TPSA) is 61.5 Å². The van der Waals surface area contributed by atoms with E-state index in [4.69, 9.17) is 15.2 Å². The van der Waals surface area contributed by atoms with Crippen molar-refractivity contribution in [3.63, 3.8) is 0 Å². The second kappa shape index (κ2) is 7.04. The van der Waals surface area contributed by atoms with Crippen LogP contribution in [0.25, 0.3) is 0 Å². The minimum absolute atomic E-state index is 0.329. The first-order valence-corrected chi connectivity index (χ1v) is 7.36. The van der Waals surface area contributed by atoms with Crippen LogP contribution in [0.5, 0.6) is 5.75 Å². The van der Waals surface area contributed by atoms with E-state index >= 15 is 0 Å². The molecule has 5 heteroatoms. The molecule has 0 aromatic heterocycles. The molecule has 0 spiro atoms. The zero-order valence-corrected chi connectivity index (χ0v) is 12.8. The van der Waals surface area contributed by atoms with E-state index in [-0.39, 0.29) is 5.97 Å². The number of anilines is 1. The summed E-state index contributed by atoms with van der Waals surface area (Å²) in [5.41, 5.74) is 8.15. The van der Waals surface area contributed by atoms with Crippen molar-refractivity contribution < 1.29 is 14.3 Å². The van der Waals surface area contributed by atoms with E-state index in [1.54, 1.807) is 24.9 Å². The molecule has 110 valence electrons. The number of esters is 1. The van der Waals surface area contributed by atoms with Gasteiger partial charge in [-0.05, 0) is 29.8 Å². The van der Waals surface area contributed by atoms with Crippen molar-refractivity contribution in [2.24, 2.45) is 0 Å². The van der Waals surface area contributed by atoms with E-state index in [2.05, 4.69) is 0 Å². The van der Waals surface area contributed by atoms with Crippen LogP contribution in [0.2, 0.25) is 0 Å². The lowest BCUT2D eigenvalue weighted by Crippen LogP contribution is -2.04. The van der Waals surface area contributed by atoms with Gasteiger partial charge in [0.1, 0.15) is 5.75 Å². The predicted octanol–water partition coefficient (Wildman–Crippen LogP) is 3.36. The summed E-state index contributed by atoms with van der Waals surface area (Å²) in [7, 11) is 3.00. The Morgan fingerprint density at radius 3 is 2.67 bits per heavy atom. The van der Waals surface area contributed by atoms with Gasteiger partial charge in [-0.2, -0.15) is 0 Å². The number of nitrogen functional groups attached to an aromatic ring is 1. The smallest absolute Gasteiger partial charge is 0.338 e. The maximum atomic E-state index is 11.7. The second-order valence-corrected chi connectivity index (χ2v) is 5.36. The van der Waals surface area contributed by atoms with Crippen LogP contribution in [0, 0.1) is 0 Å². The Kier molecular flexibility index (Phi) is 5.11. The summed E-state index contributed by atoms with van der Waals surface area (Å²) < 4.78 is 9.99. The fraction of sp³-hybridized carbons (Fsp3) is 0.188. The Bertz CT molecular complexity index is 643. The normalized spacial score (nSPS) is 10.2. The number of hydrogen-bond donors (Lipinski definition) is 1. The highest BCUT2D eigenvalue weighted by molar-refractivity contribution is 7.98. The molecule has 2 N–H and O–H groups in total. The van der Waals surface area contributed by atoms with Gasteiger partial charge in [-0.1, -0.05) is 18.2 Å². The second-order valence-electron chi connectivity index (χ2n) is 4.34. The van der Waals surface area contributed by atoms with Crippen molar-refractivity contribution in [1.82, 2.24) is 0 Å². The first-order valence-electron chi connectivity index (χ1n) is 6.38. The average molecular weight is 303 g/mol. The summed E-state index contributed by atoms with van der Waals surface area (Å²) in [6.07, 6.45) is 0. The zero-order valence-electron chi connectivity index (χ0n) is 12.0. The molecule has 4 nitrogen and oxygen atoms in total. The molecule has 2 rings (SSSR count). The Hall–Kier alpha value is -2.14. The molecule has 0 aliphatic carbocycles. The third kappa shape index (κ3) is 3.70. The molecule has 0 saturated heterocycles. The fourth-order valence-electron chi connectivity index (χ4n) is 1.88. The van der Waals surface area contributed by atoms with Crippen molar-refractivity contribution in [2.75, 3.05) is 20.0 Å². The Morgan fingerprint density at radius 2 is 1.95 bits per heavy atom. The van der Waals surface area contributed by atoms with Crippen molar-refractivity contribution in [3.8, 4) is 5.75 Å². The molecule has 0 bridgehead atoms.